The molecule has 1 fully saturated rings. The number of rotatable bonds is 2. The summed E-state index contributed by atoms with van der Waals surface area (Å²) in [5.41, 5.74) is 0. The van der Waals surface area contributed by atoms with Crippen LogP contribution < -0.4 is 0 Å². The van der Waals surface area contributed by atoms with Crippen LogP contribution in [-0.2, 0) is 9.53 Å². The molecule has 0 aromatic heterocycles. The van der Waals surface area contributed by atoms with Gasteiger partial charge in [0.2, 0.25) is 0 Å². The maximum absolute atomic E-state index is 10.8. The fourth-order valence-electron chi connectivity index (χ4n) is 1.19. The van der Waals surface area contributed by atoms with Crippen LogP contribution in [0.1, 0.15) is 26.7 Å². The summed E-state index contributed by atoms with van der Waals surface area (Å²) in [6.45, 7) is 3.54. The molecule has 11 heavy (non-hydrogen) atoms. The van der Waals surface area contributed by atoms with Crippen LogP contribution >= 0.6 is 0 Å². The Labute approximate surface area is 66.4 Å². The standard InChI is InChI=1S/C8H14O3/c1-5-3-7(4-5)11-8(10)6(2)9/h5-7,9H,3-4H2,1-2H3/t5?,6-,7?/m0/s1. The molecule has 0 aromatic carbocycles. The number of esters is 1. The van der Waals surface area contributed by atoms with Crippen LogP contribution in [0, 0.1) is 5.92 Å². The fourth-order valence-corrected chi connectivity index (χ4v) is 1.19. The molecule has 0 aromatic rings. The minimum Gasteiger partial charge on any atom is -0.460 e. The van der Waals surface area contributed by atoms with Crippen molar-refractivity contribution in [1.29, 1.82) is 0 Å². The summed E-state index contributed by atoms with van der Waals surface area (Å²) >= 11 is 0. The van der Waals surface area contributed by atoms with Gasteiger partial charge in [-0.15, -0.1) is 0 Å². The summed E-state index contributed by atoms with van der Waals surface area (Å²) in [5, 5.41) is 8.78. The molecule has 0 saturated heterocycles. The normalized spacial score (nSPS) is 32.3. The van der Waals surface area contributed by atoms with Crippen LogP contribution in [0.15, 0.2) is 0 Å². The number of aliphatic hydroxyl groups is 1. The van der Waals surface area contributed by atoms with Crippen LogP contribution in [0.4, 0.5) is 0 Å². The van der Waals surface area contributed by atoms with E-state index in [1.807, 2.05) is 0 Å². The van der Waals surface area contributed by atoms with E-state index in [0.717, 1.165) is 12.8 Å². The Hall–Kier alpha value is -0.570. The van der Waals surface area contributed by atoms with Gasteiger partial charge in [-0.2, -0.15) is 0 Å². The molecule has 1 atom stereocenters. The minimum atomic E-state index is -0.981. The topological polar surface area (TPSA) is 46.5 Å². The van der Waals surface area contributed by atoms with Crippen LogP contribution in [0.3, 0.4) is 0 Å². The number of hydrogen-bond donors (Lipinski definition) is 1. The molecule has 0 radical (unpaired) electrons. The van der Waals surface area contributed by atoms with Crippen LogP contribution in [0.5, 0.6) is 0 Å². The average molecular weight is 158 g/mol. The van der Waals surface area contributed by atoms with E-state index in [2.05, 4.69) is 6.92 Å². The Balaban J connectivity index is 2.17. The van der Waals surface area contributed by atoms with E-state index in [1.54, 1.807) is 0 Å². The van der Waals surface area contributed by atoms with Crippen LogP contribution in [0.25, 0.3) is 0 Å². The molecule has 3 heteroatoms. The van der Waals surface area contributed by atoms with Crippen molar-refractivity contribution in [3.8, 4) is 0 Å². The van der Waals surface area contributed by atoms with E-state index in [1.165, 1.54) is 6.92 Å². The van der Waals surface area contributed by atoms with Crippen molar-refractivity contribution >= 4 is 5.97 Å². The van der Waals surface area contributed by atoms with Crippen LogP contribution in [0.2, 0.25) is 0 Å². The predicted molar refractivity (Wildman–Crippen MR) is 40.0 cm³/mol. The van der Waals surface area contributed by atoms with E-state index in [9.17, 15) is 4.79 Å². The lowest BCUT2D eigenvalue weighted by Crippen LogP contribution is -2.34. The SMILES string of the molecule is CC1CC(OC(=O)[C@H](C)O)C1. The molecule has 3 nitrogen and oxygen atoms in total. The van der Waals surface area contributed by atoms with Gasteiger partial charge >= 0.3 is 5.97 Å². The molecule has 0 heterocycles. The second-order valence-corrected chi connectivity index (χ2v) is 3.31. The molecule has 1 aliphatic rings. The monoisotopic (exact) mass is 158 g/mol. The van der Waals surface area contributed by atoms with E-state index in [0.29, 0.717) is 5.92 Å². The first-order valence-electron chi connectivity index (χ1n) is 3.98. The highest BCUT2D eigenvalue weighted by molar-refractivity contribution is 5.74. The lowest BCUT2D eigenvalue weighted by molar-refractivity contribution is -0.164. The lowest BCUT2D eigenvalue weighted by Gasteiger charge is -2.32. The first kappa shape index (κ1) is 8.53. The quantitative estimate of drug-likeness (QED) is 0.602. The number of aliphatic hydroxyl groups excluding tert-OH is 1. The third kappa shape index (κ3) is 2.19. The highest BCUT2D eigenvalue weighted by atomic mass is 16.6. The Morgan fingerprint density at radius 3 is 2.55 bits per heavy atom. The summed E-state index contributed by atoms with van der Waals surface area (Å²) in [6.07, 6.45) is 0.967. The Bertz CT molecular complexity index is 147. The molecule has 1 N–H and O–H groups in total. The van der Waals surface area contributed by atoms with Gasteiger partial charge in [0.15, 0.2) is 0 Å². The average Bonchev–Trinajstić information content (AvgIpc) is 1.84. The molecule has 64 valence electrons. The van der Waals surface area contributed by atoms with Gasteiger partial charge in [0.05, 0.1) is 0 Å². The van der Waals surface area contributed by atoms with Crippen molar-refractivity contribution in [2.24, 2.45) is 5.92 Å². The van der Waals surface area contributed by atoms with Gasteiger partial charge in [-0.3, -0.25) is 0 Å². The smallest absolute Gasteiger partial charge is 0.334 e. The Morgan fingerprint density at radius 2 is 2.18 bits per heavy atom. The molecule has 0 amide bonds. The Morgan fingerprint density at radius 1 is 1.64 bits per heavy atom. The van der Waals surface area contributed by atoms with Crippen molar-refractivity contribution < 1.29 is 14.6 Å². The zero-order valence-electron chi connectivity index (χ0n) is 6.91. The third-order valence-corrected chi connectivity index (χ3v) is 1.95. The molecular weight excluding hydrogens is 144 g/mol. The highest BCUT2D eigenvalue weighted by Gasteiger charge is 2.29. The summed E-state index contributed by atoms with van der Waals surface area (Å²) in [5.74, 6) is 0.170. The van der Waals surface area contributed by atoms with Crippen molar-refractivity contribution in [2.75, 3.05) is 0 Å². The van der Waals surface area contributed by atoms with Gasteiger partial charge in [0.1, 0.15) is 12.2 Å². The molecule has 1 saturated carbocycles. The van der Waals surface area contributed by atoms with Crippen molar-refractivity contribution in [1.82, 2.24) is 0 Å². The maximum Gasteiger partial charge on any atom is 0.334 e. The van der Waals surface area contributed by atoms with Crippen molar-refractivity contribution in [3.05, 3.63) is 0 Å². The molecule has 1 aliphatic carbocycles. The molecule has 0 aliphatic heterocycles. The highest BCUT2D eigenvalue weighted by Crippen LogP contribution is 2.29. The molecular formula is C8H14O3. The Kier molecular flexibility index (Phi) is 2.49. The largest absolute Gasteiger partial charge is 0.460 e. The number of carbonyl (C=O) groups is 1. The number of carbonyl (C=O) groups excluding carboxylic acids is 1. The first-order chi connectivity index (χ1) is 5.09. The molecule has 0 spiro atoms. The summed E-state index contributed by atoms with van der Waals surface area (Å²) in [4.78, 5) is 10.8. The molecule has 0 unspecified atom stereocenters. The van der Waals surface area contributed by atoms with Gasteiger partial charge in [-0.25, -0.2) is 4.79 Å². The summed E-state index contributed by atoms with van der Waals surface area (Å²) in [6, 6.07) is 0. The zero-order valence-corrected chi connectivity index (χ0v) is 6.91. The van der Waals surface area contributed by atoms with Crippen LogP contribution in [-0.4, -0.2) is 23.3 Å². The van der Waals surface area contributed by atoms with Gasteiger partial charge in [-0.1, -0.05) is 6.92 Å². The van der Waals surface area contributed by atoms with Gasteiger partial charge < -0.3 is 9.84 Å². The molecule has 1 rings (SSSR count). The minimum absolute atomic E-state index is 0.0621. The second-order valence-electron chi connectivity index (χ2n) is 3.31. The van der Waals surface area contributed by atoms with Gasteiger partial charge in [-0.05, 0) is 25.7 Å². The summed E-state index contributed by atoms with van der Waals surface area (Å²) in [7, 11) is 0. The van der Waals surface area contributed by atoms with E-state index >= 15 is 0 Å². The fraction of sp³-hybridized carbons (Fsp3) is 0.875. The van der Waals surface area contributed by atoms with Crippen molar-refractivity contribution in [2.45, 2.75) is 38.9 Å². The lowest BCUT2D eigenvalue weighted by atomic mass is 9.84. The van der Waals surface area contributed by atoms with E-state index in [-0.39, 0.29) is 6.10 Å². The first-order valence-corrected chi connectivity index (χ1v) is 3.98. The van der Waals surface area contributed by atoms with E-state index in [4.69, 9.17) is 9.84 Å². The number of ether oxygens (including phenoxy) is 1. The third-order valence-electron chi connectivity index (χ3n) is 1.95. The molecule has 0 bridgehead atoms. The zero-order chi connectivity index (χ0) is 8.43. The predicted octanol–water partition coefficient (Wildman–Crippen LogP) is 0.709. The van der Waals surface area contributed by atoms with E-state index < -0.39 is 12.1 Å². The van der Waals surface area contributed by atoms with Crippen molar-refractivity contribution in [3.63, 3.8) is 0 Å². The van der Waals surface area contributed by atoms with Gasteiger partial charge in [0.25, 0.3) is 0 Å². The number of hydrogen-bond acceptors (Lipinski definition) is 3. The summed E-state index contributed by atoms with van der Waals surface area (Å²) < 4.78 is 4.93. The maximum atomic E-state index is 10.8. The second kappa shape index (κ2) is 3.22. The van der Waals surface area contributed by atoms with Gasteiger partial charge in [0, 0.05) is 0 Å².